The molecule has 176 valence electrons. The van der Waals surface area contributed by atoms with Gasteiger partial charge in [-0.1, -0.05) is 12.1 Å². The Kier molecular flexibility index (Phi) is 5.64. The Morgan fingerprint density at radius 3 is 2.53 bits per heavy atom. The van der Waals surface area contributed by atoms with Crippen molar-refractivity contribution in [2.45, 2.75) is 25.3 Å². The van der Waals surface area contributed by atoms with Gasteiger partial charge < -0.3 is 14.5 Å². The Morgan fingerprint density at radius 2 is 1.82 bits per heavy atom. The topological polar surface area (TPSA) is 118 Å². The largest absolute Gasteiger partial charge is 0.497 e. The van der Waals surface area contributed by atoms with Crippen molar-refractivity contribution in [2.24, 2.45) is 0 Å². The number of carbonyl (C=O) groups excluding carboxylic acids is 2. The molecule has 1 saturated carbocycles. The number of amides is 2. The number of H-pyrrole nitrogens is 1. The van der Waals surface area contributed by atoms with Crippen molar-refractivity contribution in [3.8, 4) is 5.75 Å². The SMILES string of the molecule is COc1cccc(CC(=O)N2CCN(C(=O)c3cnc4c(c3)c(=O)[nH]c(=O)n4C3CC3)CC2)c1. The molecule has 1 aliphatic carbocycles. The maximum Gasteiger partial charge on any atom is 0.330 e. The molecule has 1 aromatic carbocycles. The van der Waals surface area contributed by atoms with Crippen molar-refractivity contribution in [1.82, 2.24) is 24.3 Å². The summed E-state index contributed by atoms with van der Waals surface area (Å²) in [7, 11) is 1.59. The van der Waals surface area contributed by atoms with Gasteiger partial charge in [0.25, 0.3) is 11.5 Å². The molecule has 10 nitrogen and oxygen atoms in total. The van der Waals surface area contributed by atoms with Gasteiger partial charge in [-0.25, -0.2) is 9.78 Å². The van der Waals surface area contributed by atoms with E-state index in [-0.39, 0.29) is 35.2 Å². The number of piperazine rings is 1. The molecule has 0 radical (unpaired) electrons. The van der Waals surface area contributed by atoms with Crippen LogP contribution < -0.4 is 16.0 Å². The van der Waals surface area contributed by atoms with Gasteiger partial charge in [-0.05, 0) is 36.6 Å². The molecule has 1 aliphatic heterocycles. The molecule has 2 aliphatic rings. The predicted octanol–water partition coefficient (Wildman–Crippen LogP) is 0.955. The van der Waals surface area contributed by atoms with E-state index in [1.54, 1.807) is 16.9 Å². The minimum absolute atomic E-state index is 0.00250. The molecule has 0 atom stereocenters. The van der Waals surface area contributed by atoms with E-state index in [1.165, 1.54) is 16.8 Å². The van der Waals surface area contributed by atoms with Gasteiger partial charge in [-0.3, -0.25) is 23.9 Å². The number of nitrogens with one attached hydrogen (secondary N) is 1. The van der Waals surface area contributed by atoms with Crippen LogP contribution in [0, 0.1) is 0 Å². The Hall–Kier alpha value is -3.95. The third kappa shape index (κ3) is 4.18. The standard InChI is InChI=1S/C24H25N5O5/c1-34-18-4-2-3-15(11-18)12-20(30)27-7-9-28(10-8-27)23(32)16-13-19-21(25-14-16)29(17-5-6-17)24(33)26-22(19)31/h2-4,11,13-14,17H,5-10,12H2,1H3,(H,26,31,33). The summed E-state index contributed by atoms with van der Waals surface area (Å²) in [5.41, 5.74) is 0.448. The lowest BCUT2D eigenvalue weighted by Gasteiger charge is -2.35. The van der Waals surface area contributed by atoms with Crippen molar-refractivity contribution >= 4 is 22.8 Å². The van der Waals surface area contributed by atoms with Crippen LogP contribution in [0.3, 0.4) is 0 Å². The van der Waals surface area contributed by atoms with Crippen LogP contribution in [0.4, 0.5) is 0 Å². The molecule has 2 aromatic heterocycles. The van der Waals surface area contributed by atoms with Crippen molar-refractivity contribution in [3.05, 3.63) is 68.5 Å². The Balaban J connectivity index is 1.27. The summed E-state index contributed by atoms with van der Waals surface area (Å²) >= 11 is 0. The highest BCUT2D eigenvalue weighted by Gasteiger charge is 2.29. The Bertz CT molecular complexity index is 1380. The third-order valence-corrected chi connectivity index (χ3v) is 6.35. The summed E-state index contributed by atoms with van der Waals surface area (Å²) in [6.07, 6.45) is 3.42. The van der Waals surface area contributed by atoms with Crippen molar-refractivity contribution in [1.29, 1.82) is 0 Å². The summed E-state index contributed by atoms with van der Waals surface area (Å²) in [6.45, 7) is 1.63. The number of hydrogen-bond donors (Lipinski definition) is 1. The molecule has 34 heavy (non-hydrogen) atoms. The molecule has 2 amide bonds. The zero-order chi connectivity index (χ0) is 23.8. The smallest absolute Gasteiger partial charge is 0.330 e. The zero-order valence-corrected chi connectivity index (χ0v) is 18.8. The highest BCUT2D eigenvalue weighted by Crippen LogP contribution is 2.34. The fourth-order valence-corrected chi connectivity index (χ4v) is 4.34. The van der Waals surface area contributed by atoms with Crippen LogP contribution in [0.25, 0.3) is 11.0 Å². The number of aromatic nitrogens is 3. The lowest BCUT2D eigenvalue weighted by molar-refractivity contribution is -0.131. The molecular formula is C24H25N5O5. The highest BCUT2D eigenvalue weighted by atomic mass is 16.5. The number of benzene rings is 1. The molecule has 1 saturated heterocycles. The monoisotopic (exact) mass is 463 g/mol. The molecule has 2 fully saturated rings. The minimum atomic E-state index is -0.549. The Labute approximate surface area is 194 Å². The molecule has 3 heterocycles. The fourth-order valence-electron chi connectivity index (χ4n) is 4.34. The maximum atomic E-state index is 13.1. The van der Waals surface area contributed by atoms with Crippen molar-refractivity contribution in [3.63, 3.8) is 0 Å². The second-order valence-corrected chi connectivity index (χ2v) is 8.66. The van der Waals surface area contributed by atoms with E-state index in [2.05, 4.69) is 9.97 Å². The molecule has 10 heteroatoms. The second-order valence-electron chi connectivity index (χ2n) is 8.66. The van der Waals surface area contributed by atoms with Gasteiger partial charge in [-0.15, -0.1) is 0 Å². The van der Waals surface area contributed by atoms with Gasteiger partial charge in [0.1, 0.15) is 11.4 Å². The van der Waals surface area contributed by atoms with Gasteiger partial charge in [0.05, 0.1) is 24.5 Å². The van der Waals surface area contributed by atoms with Crippen LogP contribution in [0.15, 0.2) is 46.1 Å². The molecule has 3 aromatic rings. The molecule has 1 N–H and O–H groups in total. The fraction of sp³-hybridized carbons (Fsp3) is 0.375. The number of methoxy groups -OCH3 is 1. The number of aromatic amines is 1. The number of carbonyl (C=O) groups is 2. The first-order valence-electron chi connectivity index (χ1n) is 11.3. The van der Waals surface area contributed by atoms with Crippen molar-refractivity contribution < 1.29 is 14.3 Å². The van der Waals surface area contributed by atoms with Crippen LogP contribution in [-0.4, -0.2) is 69.4 Å². The number of pyridine rings is 1. The summed E-state index contributed by atoms with van der Waals surface area (Å²) in [5, 5.41) is 0.226. The number of ether oxygens (including phenoxy) is 1. The first kappa shape index (κ1) is 21.9. The number of nitrogens with zero attached hydrogens (tertiary/aromatic N) is 4. The van der Waals surface area contributed by atoms with E-state index in [9.17, 15) is 19.2 Å². The van der Waals surface area contributed by atoms with Gasteiger partial charge >= 0.3 is 5.69 Å². The van der Waals surface area contributed by atoms with Crippen LogP contribution in [-0.2, 0) is 11.2 Å². The average molecular weight is 463 g/mol. The van der Waals surface area contributed by atoms with E-state index in [0.29, 0.717) is 37.6 Å². The molecular weight excluding hydrogens is 438 g/mol. The van der Waals surface area contributed by atoms with E-state index < -0.39 is 11.2 Å². The van der Waals surface area contributed by atoms with E-state index >= 15 is 0 Å². The third-order valence-electron chi connectivity index (χ3n) is 6.35. The number of rotatable bonds is 5. The van der Waals surface area contributed by atoms with Gasteiger partial charge in [0.15, 0.2) is 0 Å². The maximum absolute atomic E-state index is 13.1. The molecule has 0 bridgehead atoms. The normalized spacial score (nSPS) is 16.0. The predicted molar refractivity (Wildman–Crippen MR) is 124 cm³/mol. The van der Waals surface area contributed by atoms with Gasteiger partial charge in [0, 0.05) is 38.4 Å². The number of hydrogen-bond acceptors (Lipinski definition) is 6. The summed E-state index contributed by atoms with van der Waals surface area (Å²) in [6, 6.07) is 8.96. The first-order chi connectivity index (χ1) is 16.4. The van der Waals surface area contributed by atoms with E-state index in [1.807, 2.05) is 24.3 Å². The zero-order valence-electron chi connectivity index (χ0n) is 18.8. The van der Waals surface area contributed by atoms with Crippen molar-refractivity contribution in [2.75, 3.05) is 33.3 Å². The van der Waals surface area contributed by atoms with E-state index in [0.717, 1.165) is 18.4 Å². The number of fused-ring (bicyclic) bond motifs is 1. The minimum Gasteiger partial charge on any atom is -0.497 e. The summed E-state index contributed by atoms with van der Waals surface area (Å²) < 4.78 is 6.71. The first-order valence-corrected chi connectivity index (χ1v) is 11.3. The van der Waals surface area contributed by atoms with Crippen LogP contribution in [0.5, 0.6) is 5.75 Å². The van der Waals surface area contributed by atoms with Gasteiger partial charge in [0.2, 0.25) is 5.91 Å². The molecule has 0 spiro atoms. The lowest BCUT2D eigenvalue weighted by atomic mass is 10.1. The summed E-state index contributed by atoms with van der Waals surface area (Å²) in [4.78, 5) is 60.4. The van der Waals surface area contributed by atoms with Crippen LogP contribution in [0.2, 0.25) is 0 Å². The van der Waals surface area contributed by atoms with E-state index in [4.69, 9.17) is 4.74 Å². The quantitative estimate of drug-likeness (QED) is 0.602. The summed E-state index contributed by atoms with van der Waals surface area (Å²) in [5.74, 6) is 0.452. The Morgan fingerprint density at radius 1 is 1.09 bits per heavy atom. The molecule has 5 rings (SSSR count). The highest BCUT2D eigenvalue weighted by molar-refractivity contribution is 5.97. The lowest BCUT2D eigenvalue weighted by Crippen LogP contribution is -2.51. The average Bonchev–Trinajstić information content (AvgIpc) is 3.69. The molecule has 0 unspecified atom stereocenters. The van der Waals surface area contributed by atoms with Crippen LogP contribution >= 0.6 is 0 Å². The van der Waals surface area contributed by atoms with Gasteiger partial charge in [-0.2, -0.15) is 0 Å². The van der Waals surface area contributed by atoms with Crippen LogP contribution in [0.1, 0.15) is 34.8 Å². The second kappa shape index (κ2) is 8.77.